The zero-order chi connectivity index (χ0) is 14.4. The third-order valence-electron chi connectivity index (χ3n) is 3.32. The maximum atomic E-state index is 12.0. The number of aromatic nitrogens is 3. The molecule has 2 aromatic rings. The fourth-order valence-corrected chi connectivity index (χ4v) is 2.18. The average Bonchev–Trinajstić information content (AvgIpc) is 2.90. The van der Waals surface area contributed by atoms with Gasteiger partial charge in [0, 0.05) is 32.1 Å². The summed E-state index contributed by atoms with van der Waals surface area (Å²) in [5.74, 6) is 0.0573. The molecule has 1 amide bonds. The normalized spacial score (nSPS) is 12.1. The summed E-state index contributed by atoms with van der Waals surface area (Å²) in [4.78, 5) is 16.1. The van der Waals surface area contributed by atoms with Crippen molar-refractivity contribution in [1.82, 2.24) is 20.1 Å². The molecule has 5 heteroatoms. The van der Waals surface area contributed by atoms with E-state index in [0.717, 1.165) is 17.7 Å². The van der Waals surface area contributed by atoms with Gasteiger partial charge < -0.3 is 5.32 Å². The van der Waals surface area contributed by atoms with Gasteiger partial charge in [0.2, 0.25) is 5.91 Å². The Bertz CT molecular complexity index is 550. The number of carbonyl (C=O) groups is 1. The van der Waals surface area contributed by atoms with Crippen molar-refractivity contribution in [2.24, 2.45) is 7.05 Å². The fraction of sp³-hybridized carbons (Fsp3) is 0.400. The van der Waals surface area contributed by atoms with E-state index in [-0.39, 0.29) is 11.9 Å². The molecule has 106 valence electrons. The Morgan fingerprint density at radius 2 is 2.25 bits per heavy atom. The highest BCUT2D eigenvalue weighted by Gasteiger charge is 2.15. The minimum Gasteiger partial charge on any atom is -0.348 e. The van der Waals surface area contributed by atoms with Crippen LogP contribution in [0.25, 0.3) is 0 Å². The van der Waals surface area contributed by atoms with E-state index in [1.165, 1.54) is 0 Å². The summed E-state index contributed by atoms with van der Waals surface area (Å²) in [7, 11) is 1.89. The van der Waals surface area contributed by atoms with E-state index in [1.807, 2.05) is 25.2 Å². The summed E-state index contributed by atoms with van der Waals surface area (Å²) in [6.45, 7) is 2.05. The smallest absolute Gasteiger partial charge is 0.220 e. The molecule has 0 saturated carbocycles. The van der Waals surface area contributed by atoms with Crippen LogP contribution in [0.3, 0.4) is 0 Å². The van der Waals surface area contributed by atoms with Crippen LogP contribution in [0.2, 0.25) is 0 Å². The number of carbonyl (C=O) groups excluding carboxylic acids is 1. The van der Waals surface area contributed by atoms with Gasteiger partial charge in [0.05, 0.1) is 11.7 Å². The number of aryl methyl sites for hydroxylation is 2. The van der Waals surface area contributed by atoms with Crippen molar-refractivity contribution in [1.29, 1.82) is 0 Å². The molecule has 1 N–H and O–H groups in total. The molecule has 0 aliphatic rings. The van der Waals surface area contributed by atoms with Gasteiger partial charge in [-0.3, -0.25) is 14.5 Å². The molecule has 0 spiro atoms. The zero-order valence-electron chi connectivity index (χ0n) is 11.9. The van der Waals surface area contributed by atoms with Crippen molar-refractivity contribution in [3.63, 3.8) is 0 Å². The average molecular weight is 272 g/mol. The first-order valence-electron chi connectivity index (χ1n) is 6.87. The van der Waals surface area contributed by atoms with Crippen molar-refractivity contribution in [2.45, 2.75) is 32.2 Å². The largest absolute Gasteiger partial charge is 0.348 e. The van der Waals surface area contributed by atoms with E-state index in [9.17, 15) is 4.79 Å². The van der Waals surface area contributed by atoms with Crippen LogP contribution in [0.4, 0.5) is 0 Å². The van der Waals surface area contributed by atoms with Gasteiger partial charge in [0.15, 0.2) is 0 Å². The van der Waals surface area contributed by atoms with Crippen LogP contribution in [0.5, 0.6) is 0 Å². The van der Waals surface area contributed by atoms with E-state index < -0.39 is 0 Å². The second kappa shape index (κ2) is 6.84. The van der Waals surface area contributed by atoms with E-state index in [4.69, 9.17) is 0 Å². The monoisotopic (exact) mass is 272 g/mol. The summed E-state index contributed by atoms with van der Waals surface area (Å²) in [6, 6.07) is 5.83. The lowest BCUT2D eigenvalue weighted by molar-refractivity contribution is -0.121. The Hall–Kier alpha value is -2.17. The highest BCUT2D eigenvalue weighted by molar-refractivity contribution is 5.76. The number of hydrogen-bond acceptors (Lipinski definition) is 3. The third kappa shape index (κ3) is 3.66. The molecule has 5 nitrogen and oxygen atoms in total. The Labute approximate surface area is 119 Å². The summed E-state index contributed by atoms with van der Waals surface area (Å²) in [6.07, 6.45) is 7.31. The number of hydrogen-bond donors (Lipinski definition) is 1. The Balaban J connectivity index is 1.88. The molecule has 20 heavy (non-hydrogen) atoms. The number of rotatable bonds is 6. The number of nitrogens with one attached hydrogen (secondary N) is 1. The molecule has 0 saturated heterocycles. The standard InChI is InChI=1S/C15H20N4O/c1-3-13(14-8-10-17-19(14)2)18-15(20)7-6-12-5-4-9-16-11-12/h4-5,8-11,13H,3,6-7H2,1-2H3,(H,18,20)/t13-/m0/s1. The molecule has 2 aromatic heterocycles. The third-order valence-corrected chi connectivity index (χ3v) is 3.32. The van der Waals surface area contributed by atoms with Crippen molar-refractivity contribution in [3.8, 4) is 0 Å². The van der Waals surface area contributed by atoms with Gasteiger partial charge in [-0.25, -0.2) is 0 Å². The Morgan fingerprint density at radius 3 is 2.85 bits per heavy atom. The molecule has 0 bridgehead atoms. The van der Waals surface area contributed by atoms with Gasteiger partial charge in [-0.15, -0.1) is 0 Å². The predicted octanol–water partition coefficient (Wildman–Crippen LogP) is 2.02. The van der Waals surface area contributed by atoms with Gasteiger partial charge in [0.1, 0.15) is 0 Å². The van der Waals surface area contributed by atoms with Crippen LogP contribution in [-0.2, 0) is 18.3 Å². The van der Waals surface area contributed by atoms with Gasteiger partial charge in [-0.05, 0) is 30.5 Å². The Kier molecular flexibility index (Phi) is 4.87. The second-order valence-corrected chi connectivity index (χ2v) is 4.77. The molecule has 0 aromatic carbocycles. The van der Waals surface area contributed by atoms with Gasteiger partial charge >= 0.3 is 0 Å². The first kappa shape index (κ1) is 14.2. The van der Waals surface area contributed by atoms with Crippen LogP contribution in [0, 0.1) is 0 Å². The van der Waals surface area contributed by atoms with E-state index in [1.54, 1.807) is 23.3 Å². The van der Waals surface area contributed by atoms with Crippen LogP contribution in [0.15, 0.2) is 36.8 Å². The summed E-state index contributed by atoms with van der Waals surface area (Å²) in [5.41, 5.74) is 2.11. The van der Waals surface area contributed by atoms with E-state index in [2.05, 4.69) is 22.3 Å². The van der Waals surface area contributed by atoms with Crippen molar-refractivity contribution >= 4 is 5.91 Å². The summed E-state index contributed by atoms with van der Waals surface area (Å²) >= 11 is 0. The molecular formula is C15H20N4O. The van der Waals surface area contributed by atoms with Crippen LogP contribution in [-0.4, -0.2) is 20.7 Å². The quantitative estimate of drug-likeness (QED) is 0.875. The SMILES string of the molecule is CC[C@H](NC(=O)CCc1cccnc1)c1ccnn1C. The maximum Gasteiger partial charge on any atom is 0.220 e. The first-order chi connectivity index (χ1) is 9.70. The van der Waals surface area contributed by atoms with Crippen LogP contribution in [0.1, 0.15) is 37.1 Å². The highest BCUT2D eigenvalue weighted by atomic mass is 16.1. The summed E-state index contributed by atoms with van der Waals surface area (Å²) in [5, 5.41) is 7.20. The van der Waals surface area contributed by atoms with E-state index in [0.29, 0.717) is 12.8 Å². The van der Waals surface area contributed by atoms with Crippen LogP contribution < -0.4 is 5.32 Å². The molecule has 0 aliphatic carbocycles. The molecular weight excluding hydrogens is 252 g/mol. The lowest BCUT2D eigenvalue weighted by Crippen LogP contribution is -2.29. The molecule has 0 fully saturated rings. The second-order valence-electron chi connectivity index (χ2n) is 4.77. The molecule has 2 rings (SSSR count). The number of nitrogens with zero attached hydrogens (tertiary/aromatic N) is 3. The minimum absolute atomic E-state index is 0.0175. The molecule has 0 radical (unpaired) electrons. The highest BCUT2D eigenvalue weighted by Crippen LogP contribution is 2.15. The molecule has 0 aliphatic heterocycles. The zero-order valence-corrected chi connectivity index (χ0v) is 11.9. The topological polar surface area (TPSA) is 59.8 Å². The molecule has 2 heterocycles. The van der Waals surface area contributed by atoms with Gasteiger partial charge in [-0.2, -0.15) is 5.10 Å². The fourth-order valence-electron chi connectivity index (χ4n) is 2.18. The minimum atomic E-state index is 0.0175. The molecule has 0 unspecified atom stereocenters. The predicted molar refractivity (Wildman–Crippen MR) is 76.9 cm³/mol. The number of amides is 1. The Morgan fingerprint density at radius 1 is 1.40 bits per heavy atom. The van der Waals surface area contributed by atoms with Crippen LogP contribution >= 0.6 is 0 Å². The lowest BCUT2D eigenvalue weighted by Gasteiger charge is -2.17. The first-order valence-corrected chi connectivity index (χ1v) is 6.87. The molecule has 1 atom stereocenters. The van der Waals surface area contributed by atoms with Gasteiger partial charge in [-0.1, -0.05) is 13.0 Å². The van der Waals surface area contributed by atoms with E-state index >= 15 is 0 Å². The lowest BCUT2D eigenvalue weighted by atomic mass is 10.1. The van der Waals surface area contributed by atoms with Gasteiger partial charge in [0.25, 0.3) is 0 Å². The van der Waals surface area contributed by atoms with Crippen molar-refractivity contribution in [2.75, 3.05) is 0 Å². The van der Waals surface area contributed by atoms with Crippen molar-refractivity contribution < 1.29 is 4.79 Å². The summed E-state index contributed by atoms with van der Waals surface area (Å²) < 4.78 is 1.80. The maximum absolute atomic E-state index is 12.0. The number of pyridine rings is 1. The van der Waals surface area contributed by atoms with Crippen molar-refractivity contribution in [3.05, 3.63) is 48.0 Å².